The lowest BCUT2D eigenvalue weighted by molar-refractivity contribution is -0.141. The molecule has 0 atom stereocenters. The third kappa shape index (κ3) is 3.54. The van der Waals surface area contributed by atoms with Gasteiger partial charge in [0, 0.05) is 12.8 Å². The summed E-state index contributed by atoms with van der Waals surface area (Å²) < 4.78 is 9.61. The van der Waals surface area contributed by atoms with Gasteiger partial charge in [0.15, 0.2) is 0 Å². The van der Waals surface area contributed by atoms with E-state index in [2.05, 4.69) is 24.3 Å². The highest BCUT2D eigenvalue weighted by Gasteiger charge is 2.15. The molecule has 4 nitrogen and oxygen atoms in total. The second kappa shape index (κ2) is 8.00. The SMILES string of the molecule is COC(=O)CCc1c2ccccc2c(CCC(=O)OC)c2ccccc12. The normalized spacial score (nSPS) is 10.8. The van der Waals surface area contributed by atoms with Crippen molar-refractivity contribution in [2.24, 2.45) is 0 Å². The number of carbonyl (C=O) groups excluding carboxylic acids is 2. The lowest BCUT2D eigenvalue weighted by Crippen LogP contribution is -2.05. The average Bonchev–Trinajstić information content (AvgIpc) is 2.69. The third-order valence-electron chi connectivity index (χ3n) is 4.77. The Kier molecular flexibility index (Phi) is 5.52. The van der Waals surface area contributed by atoms with E-state index >= 15 is 0 Å². The van der Waals surface area contributed by atoms with Gasteiger partial charge in [-0.2, -0.15) is 0 Å². The van der Waals surface area contributed by atoms with E-state index in [1.807, 2.05) is 24.3 Å². The fourth-order valence-corrected chi connectivity index (χ4v) is 3.51. The number of fused-ring (bicyclic) bond motifs is 2. The Morgan fingerprint density at radius 1 is 0.654 bits per heavy atom. The van der Waals surface area contributed by atoms with Gasteiger partial charge in [0.05, 0.1) is 14.2 Å². The van der Waals surface area contributed by atoms with Crippen molar-refractivity contribution >= 4 is 33.5 Å². The number of methoxy groups -OCH3 is 2. The summed E-state index contributed by atoms with van der Waals surface area (Å²) in [5, 5.41) is 4.48. The molecule has 3 aromatic rings. The van der Waals surface area contributed by atoms with E-state index < -0.39 is 0 Å². The van der Waals surface area contributed by atoms with Crippen LogP contribution in [0.25, 0.3) is 21.5 Å². The summed E-state index contributed by atoms with van der Waals surface area (Å²) in [5.41, 5.74) is 2.28. The van der Waals surface area contributed by atoms with E-state index in [0.29, 0.717) is 25.7 Å². The maximum absolute atomic E-state index is 11.7. The van der Waals surface area contributed by atoms with E-state index in [1.54, 1.807) is 0 Å². The second-order valence-corrected chi connectivity index (χ2v) is 6.20. The van der Waals surface area contributed by atoms with Gasteiger partial charge in [0.1, 0.15) is 0 Å². The molecule has 0 aliphatic heterocycles. The average molecular weight is 350 g/mol. The molecule has 3 aromatic carbocycles. The van der Waals surface area contributed by atoms with Crippen LogP contribution in [0.1, 0.15) is 24.0 Å². The number of ether oxygens (including phenoxy) is 2. The van der Waals surface area contributed by atoms with Gasteiger partial charge in [-0.15, -0.1) is 0 Å². The van der Waals surface area contributed by atoms with Gasteiger partial charge < -0.3 is 9.47 Å². The smallest absolute Gasteiger partial charge is 0.305 e. The molecule has 26 heavy (non-hydrogen) atoms. The Balaban J connectivity index is 2.18. The molecule has 0 radical (unpaired) electrons. The first kappa shape index (κ1) is 17.9. The molecule has 0 saturated heterocycles. The lowest BCUT2D eigenvalue weighted by atomic mass is 9.88. The Hall–Kier alpha value is -2.88. The van der Waals surface area contributed by atoms with Gasteiger partial charge in [0.2, 0.25) is 0 Å². The van der Waals surface area contributed by atoms with Crippen LogP contribution in [-0.2, 0) is 31.9 Å². The monoisotopic (exact) mass is 350 g/mol. The number of rotatable bonds is 6. The van der Waals surface area contributed by atoms with Crippen LogP contribution < -0.4 is 0 Å². The molecular formula is C22H22O4. The zero-order chi connectivity index (χ0) is 18.5. The van der Waals surface area contributed by atoms with Crippen LogP contribution in [0.5, 0.6) is 0 Å². The van der Waals surface area contributed by atoms with Crippen LogP contribution in [0.15, 0.2) is 48.5 Å². The van der Waals surface area contributed by atoms with Gasteiger partial charge in [-0.1, -0.05) is 48.5 Å². The summed E-state index contributed by atoms with van der Waals surface area (Å²) in [6.45, 7) is 0. The first-order valence-corrected chi connectivity index (χ1v) is 8.70. The molecule has 0 amide bonds. The number of benzene rings is 3. The van der Waals surface area contributed by atoms with Crippen LogP contribution in [0.3, 0.4) is 0 Å². The van der Waals surface area contributed by atoms with Crippen molar-refractivity contribution in [3.05, 3.63) is 59.7 Å². The summed E-state index contributed by atoms with van der Waals surface area (Å²) in [5.74, 6) is -0.430. The fraction of sp³-hybridized carbons (Fsp3) is 0.273. The highest BCUT2D eigenvalue weighted by atomic mass is 16.5. The number of aryl methyl sites for hydroxylation is 2. The molecule has 0 unspecified atom stereocenters. The van der Waals surface area contributed by atoms with Crippen molar-refractivity contribution in [1.82, 2.24) is 0 Å². The molecule has 0 heterocycles. The topological polar surface area (TPSA) is 52.6 Å². The van der Waals surface area contributed by atoms with Crippen LogP contribution in [0.2, 0.25) is 0 Å². The zero-order valence-electron chi connectivity index (χ0n) is 15.1. The van der Waals surface area contributed by atoms with E-state index in [9.17, 15) is 9.59 Å². The maximum Gasteiger partial charge on any atom is 0.305 e. The summed E-state index contributed by atoms with van der Waals surface area (Å²) in [7, 11) is 2.82. The number of carbonyl (C=O) groups is 2. The van der Waals surface area contributed by atoms with E-state index in [1.165, 1.54) is 14.2 Å². The number of hydrogen-bond acceptors (Lipinski definition) is 4. The molecule has 134 valence electrons. The molecule has 4 heteroatoms. The Bertz CT molecular complexity index is 824. The first-order valence-electron chi connectivity index (χ1n) is 8.70. The van der Waals surface area contributed by atoms with Crippen molar-refractivity contribution in [3.63, 3.8) is 0 Å². The van der Waals surface area contributed by atoms with E-state index in [0.717, 1.165) is 32.7 Å². The zero-order valence-corrected chi connectivity index (χ0v) is 15.1. The maximum atomic E-state index is 11.7. The first-order chi connectivity index (χ1) is 12.7. The summed E-state index contributed by atoms with van der Waals surface area (Å²) in [6, 6.07) is 16.3. The van der Waals surface area contributed by atoms with Gasteiger partial charge >= 0.3 is 11.9 Å². The largest absolute Gasteiger partial charge is 0.469 e. The van der Waals surface area contributed by atoms with Gasteiger partial charge in [0.25, 0.3) is 0 Å². The highest BCUT2D eigenvalue weighted by Crippen LogP contribution is 2.34. The number of esters is 2. The van der Waals surface area contributed by atoms with Crippen LogP contribution in [0, 0.1) is 0 Å². The lowest BCUT2D eigenvalue weighted by Gasteiger charge is -2.16. The van der Waals surface area contributed by atoms with Crippen LogP contribution in [-0.4, -0.2) is 26.2 Å². The quantitative estimate of drug-likeness (QED) is 0.494. The van der Waals surface area contributed by atoms with Gasteiger partial charge in [-0.05, 0) is 45.5 Å². The van der Waals surface area contributed by atoms with Gasteiger partial charge in [-0.3, -0.25) is 9.59 Å². The molecule has 0 bridgehead atoms. The van der Waals surface area contributed by atoms with E-state index in [-0.39, 0.29) is 11.9 Å². The Labute approximate surface area is 152 Å². The van der Waals surface area contributed by atoms with Crippen molar-refractivity contribution in [2.45, 2.75) is 25.7 Å². The minimum absolute atomic E-state index is 0.215. The predicted octanol–water partition coefficient (Wildman–Crippen LogP) is 4.20. The second-order valence-electron chi connectivity index (χ2n) is 6.20. The molecule has 0 aliphatic rings. The molecule has 0 aromatic heterocycles. The molecule has 0 fully saturated rings. The fourth-order valence-electron chi connectivity index (χ4n) is 3.51. The Morgan fingerprint density at radius 2 is 0.962 bits per heavy atom. The predicted molar refractivity (Wildman–Crippen MR) is 102 cm³/mol. The van der Waals surface area contributed by atoms with Gasteiger partial charge in [-0.25, -0.2) is 0 Å². The minimum Gasteiger partial charge on any atom is -0.469 e. The highest BCUT2D eigenvalue weighted by molar-refractivity contribution is 6.06. The summed E-state index contributed by atoms with van der Waals surface area (Å²) in [4.78, 5) is 23.3. The van der Waals surface area contributed by atoms with Crippen molar-refractivity contribution < 1.29 is 19.1 Å². The molecule has 0 aliphatic carbocycles. The van der Waals surface area contributed by atoms with Crippen molar-refractivity contribution in [1.29, 1.82) is 0 Å². The molecule has 3 rings (SSSR count). The standard InChI is InChI=1S/C22H22O4/c1-25-21(23)13-11-19-15-7-3-5-9-17(15)20(12-14-22(24)26-2)18-10-6-4-8-16(18)19/h3-10H,11-14H2,1-2H3. The molecule has 0 N–H and O–H groups in total. The molecular weight excluding hydrogens is 328 g/mol. The summed E-state index contributed by atoms with van der Waals surface area (Å²) >= 11 is 0. The van der Waals surface area contributed by atoms with Crippen molar-refractivity contribution in [3.8, 4) is 0 Å². The van der Waals surface area contributed by atoms with Crippen molar-refractivity contribution in [2.75, 3.05) is 14.2 Å². The third-order valence-corrected chi connectivity index (χ3v) is 4.77. The Morgan fingerprint density at radius 3 is 1.23 bits per heavy atom. The van der Waals surface area contributed by atoms with Crippen LogP contribution in [0.4, 0.5) is 0 Å². The number of hydrogen-bond donors (Lipinski definition) is 0. The van der Waals surface area contributed by atoms with E-state index in [4.69, 9.17) is 9.47 Å². The molecule has 0 saturated carbocycles. The van der Waals surface area contributed by atoms with Crippen LogP contribution >= 0.6 is 0 Å². The molecule has 0 spiro atoms. The summed E-state index contributed by atoms with van der Waals surface area (Å²) in [6.07, 6.45) is 1.91. The minimum atomic E-state index is -0.215.